The van der Waals surface area contributed by atoms with E-state index in [1.807, 2.05) is 0 Å². The second-order valence-electron chi connectivity index (χ2n) is 5.33. The minimum Gasteiger partial charge on any atom is -0.495 e. The number of likely N-dealkylation sites (N-methyl/N-ethyl adjacent to an activating group) is 1. The topological polar surface area (TPSA) is 66.8 Å². The third kappa shape index (κ3) is 3.21. The van der Waals surface area contributed by atoms with Gasteiger partial charge in [0.1, 0.15) is 15.7 Å². The minimum atomic E-state index is -3.85. The fourth-order valence-electron chi connectivity index (χ4n) is 2.72. The van der Waals surface area contributed by atoms with Gasteiger partial charge in [0.15, 0.2) is 0 Å². The summed E-state index contributed by atoms with van der Waals surface area (Å²) < 4.78 is 31.8. The van der Waals surface area contributed by atoms with Gasteiger partial charge in [-0.1, -0.05) is 36.0 Å². The summed E-state index contributed by atoms with van der Waals surface area (Å²) in [4.78, 5) is -0.0831. The maximum absolute atomic E-state index is 12.8. The number of methoxy groups -OCH3 is 1. The average Bonchev–Trinajstić information content (AvgIpc) is 2.49. The highest BCUT2D eigenvalue weighted by molar-refractivity contribution is 7.89. The smallest absolute Gasteiger partial charge is 0.244 e. The number of halogens is 2. The van der Waals surface area contributed by atoms with Crippen LogP contribution < -0.4 is 4.74 Å². The highest BCUT2D eigenvalue weighted by atomic mass is 35.5. The number of aliphatic hydroxyl groups is 1. The highest BCUT2D eigenvalue weighted by Gasteiger charge is 2.35. The Bertz CT molecular complexity index is 650. The van der Waals surface area contributed by atoms with Gasteiger partial charge in [-0.3, -0.25) is 0 Å². The van der Waals surface area contributed by atoms with Crippen LogP contribution in [0, 0.1) is 0 Å². The van der Waals surface area contributed by atoms with E-state index in [2.05, 4.69) is 0 Å². The van der Waals surface area contributed by atoms with Gasteiger partial charge in [0.2, 0.25) is 10.0 Å². The number of benzene rings is 1. The van der Waals surface area contributed by atoms with Crippen molar-refractivity contribution in [2.75, 3.05) is 14.2 Å². The molecule has 1 aliphatic rings. The quantitative estimate of drug-likeness (QED) is 0.888. The van der Waals surface area contributed by atoms with Gasteiger partial charge in [-0.2, -0.15) is 4.31 Å². The summed E-state index contributed by atoms with van der Waals surface area (Å²) in [7, 11) is -0.960. The van der Waals surface area contributed by atoms with Crippen molar-refractivity contribution in [2.24, 2.45) is 0 Å². The molecule has 2 atom stereocenters. The molecule has 0 unspecified atom stereocenters. The summed E-state index contributed by atoms with van der Waals surface area (Å²) >= 11 is 12.1. The monoisotopic (exact) mass is 367 g/mol. The first-order chi connectivity index (χ1) is 10.3. The van der Waals surface area contributed by atoms with Gasteiger partial charge in [0.05, 0.1) is 24.3 Å². The van der Waals surface area contributed by atoms with Gasteiger partial charge < -0.3 is 9.84 Å². The van der Waals surface area contributed by atoms with Crippen LogP contribution in [0.15, 0.2) is 17.0 Å². The Labute approximate surface area is 140 Å². The maximum Gasteiger partial charge on any atom is 0.244 e. The van der Waals surface area contributed by atoms with E-state index in [4.69, 9.17) is 27.9 Å². The molecule has 124 valence electrons. The minimum absolute atomic E-state index is 0.0582. The van der Waals surface area contributed by atoms with Crippen LogP contribution >= 0.6 is 23.2 Å². The molecule has 0 aromatic heterocycles. The Morgan fingerprint density at radius 1 is 1.23 bits per heavy atom. The van der Waals surface area contributed by atoms with Gasteiger partial charge in [0.25, 0.3) is 0 Å². The van der Waals surface area contributed by atoms with Crippen LogP contribution in [0.5, 0.6) is 5.75 Å². The van der Waals surface area contributed by atoms with Crippen molar-refractivity contribution in [2.45, 2.75) is 42.7 Å². The molecule has 0 saturated heterocycles. The lowest BCUT2D eigenvalue weighted by molar-refractivity contribution is 0.0638. The lowest BCUT2D eigenvalue weighted by Gasteiger charge is -2.34. The first kappa shape index (κ1) is 17.8. The Morgan fingerprint density at radius 2 is 1.86 bits per heavy atom. The summed E-state index contributed by atoms with van der Waals surface area (Å²) in [5.41, 5.74) is 0. The van der Waals surface area contributed by atoms with Gasteiger partial charge in [0, 0.05) is 7.05 Å². The zero-order valence-corrected chi connectivity index (χ0v) is 14.7. The van der Waals surface area contributed by atoms with Gasteiger partial charge in [-0.15, -0.1) is 0 Å². The van der Waals surface area contributed by atoms with E-state index in [1.165, 1.54) is 30.6 Å². The van der Waals surface area contributed by atoms with Gasteiger partial charge in [-0.05, 0) is 25.0 Å². The van der Waals surface area contributed by atoms with Gasteiger partial charge in [-0.25, -0.2) is 8.42 Å². The van der Waals surface area contributed by atoms with Crippen molar-refractivity contribution >= 4 is 33.2 Å². The van der Waals surface area contributed by atoms with Crippen molar-refractivity contribution in [1.82, 2.24) is 4.31 Å². The predicted octanol–water partition coefficient (Wildman–Crippen LogP) is 2.93. The summed E-state index contributed by atoms with van der Waals surface area (Å²) in [6.45, 7) is 0. The molecule has 0 bridgehead atoms. The summed E-state index contributed by atoms with van der Waals surface area (Å²) in [5, 5.41) is 10.1. The van der Waals surface area contributed by atoms with E-state index in [0.717, 1.165) is 12.8 Å². The second-order valence-corrected chi connectivity index (χ2v) is 8.06. The Balaban J connectivity index is 2.40. The molecule has 8 heteroatoms. The molecule has 0 amide bonds. The molecule has 1 aromatic carbocycles. The number of ether oxygens (including phenoxy) is 1. The van der Waals surface area contributed by atoms with Crippen molar-refractivity contribution in [3.63, 3.8) is 0 Å². The van der Waals surface area contributed by atoms with E-state index >= 15 is 0 Å². The number of hydrogen-bond acceptors (Lipinski definition) is 4. The van der Waals surface area contributed by atoms with Crippen LogP contribution in [0.3, 0.4) is 0 Å². The molecule has 1 aliphatic carbocycles. The largest absolute Gasteiger partial charge is 0.495 e. The summed E-state index contributed by atoms with van der Waals surface area (Å²) in [5.74, 6) is 0.311. The zero-order chi connectivity index (χ0) is 16.5. The third-order valence-corrected chi connectivity index (χ3v) is 6.95. The molecule has 0 radical (unpaired) electrons. The molecule has 1 aromatic rings. The highest BCUT2D eigenvalue weighted by Crippen LogP contribution is 2.38. The standard InChI is InChI=1S/C14H19Cl2NO4S/c1-17(9-5-3-4-6-10(9)18)22(19,20)12-8-7-11(21-2)13(15)14(12)16/h7-10,18H,3-6H2,1-2H3/t9-,10+/m0/s1. The average molecular weight is 368 g/mol. The molecule has 22 heavy (non-hydrogen) atoms. The van der Waals surface area contributed by atoms with E-state index in [9.17, 15) is 13.5 Å². The molecule has 1 saturated carbocycles. The van der Waals surface area contributed by atoms with E-state index in [1.54, 1.807) is 0 Å². The van der Waals surface area contributed by atoms with Crippen molar-refractivity contribution in [3.05, 3.63) is 22.2 Å². The Morgan fingerprint density at radius 3 is 2.45 bits per heavy atom. The molecule has 0 aliphatic heterocycles. The van der Waals surface area contributed by atoms with Crippen LogP contribution in [0.25, 0.3) is 0 Å². The van der Waals surface area contributed by atoms with Crippen molar-refractivity contribution < 1.29 is 18.3 Å². The van der Waals surface area contributed by atoms with Crippen LogP contribution in [0.2, 0.25) is 10.0 Å². The Kier molecular flexibility index (Phi) is 5.61. The molecular formula is C14H19Cl2NO4S. The molecule has 5 nitrogen and oxygen atoms in total. The van der Waals surface area contributed by atoms with Gasteiger partial charge >= 0.3 is 0 Å². The fraction of sp³-hybridized carbons (Fsp3) is 0.571. The third-order valence-electron chi connectivity index (χ3n) is 4.05. The van der Waals surface area contributed by atoms with Crippen molar-refractivity contribution in [3.8, 4) is 5.75 Å². The van der Waals surface area contributed by atoms with Crippen molar-refractivity contribution in [1.29, 1.82) is 0 Å². The molecular weight excluding hydrogens is 349 g/mol. The molecule has 0 heterocycles. The molecule has 2 rings (SSSR count). The first-order valence-corrected chi connectivity index (χ1v) is 9.18. The number of rotatable bonds is 4. The summed E-state index contributed by atoms with van der Waals surface area (Å²) in [6.07, 6.45) is 2.35. The first-order valence-electron chi connectivity index (χ1n) is 6.98. The fourth-order valence-corrected chi connectivity index (χ4v) is 4.95. The van der Waals surface area contributed by atoms with E-state index in [-0.39, 0.29) is 14.9 Å². The van der Waals surface area contributed by atoms with E-state index < -0.39 is 22.2 Å². The van der Waals surface area contributed by atoms with E-state index in [0.29, 0.717) is 18.6 Å². The molecule has 0 spiro atoms. The lowest BCUT2D eigenvalue weighted by Crippen LogP contribution is -2.46. The number of hydrogen-bond donors (Lipinski definition) is 1. The maximum atomic E-state index is 12.8. The SMILES string of the molecule is COc1ccc(S(=O)(=O)N(C)[C@H]2CCCC[C@H]2O)c(Cl)c1Cl. The normalized spacial score (nSPS) is 22.8. The second kappa shape index (κ2) is 6.93. The summed E-state index contributed by atoms with van der Waals surface area (Å²) in [6, 6.07) is 2.39. The molecule has 1 fully saturated rings. The number of sulfonamides is 1. The molecule has 1 N–H and O–H groups in total. The van der Waals surface area contributed by atoms with Crippen LogP contribution in [-0.4, -0.2) is 44.1 Å². The number of aliphatic hydroxyl groups excluding tert-OH is 1. The number of nitrogens with zero attached hydrogens (tertiary/aromatic N) is 1. The lowest BCUT2D eigenvalue weighted by atomic mass is 9.93. The van der Waals surface area contributed by atoms with Crippen LogP contribution in [-0.2, 0) is 10.0 Å². The Hall–Kier alpha value is -0.530. The predicted molar refractivity (Wildman–Crippen MR) is 86.2 cm³/mol. The zero-order valence-electron chi connectivity index (χ0n) is 12.4. The van der Waals surface area contributed by atoms with Crippen LogP contribution in [0.4, 0.5) is 0 Å². The van der Waals surface area contributed by atoms with Crippen LogP contribution in [0.1, 0.15) is 25.7 Å².